The number of rotatable bonds is 2. The number of oxazole rings is 1. The van der Waals surface area contributed by atoms with E-state index in [2.05, 4.69) is 18.8 Å². The van der Waals surface area contributed by atoms with Crippen molar-refractivity contribution in [3.05, 3.63) is 53.6 Å². The van der Waals surface area contributed by atoms with Crippen molar-refractivity contribution in [2.75, 3.05) is 0 Å². The highest BCUT2D eigenvalue weighted by molar-refractivity contribution is 5.93. The van der Waals surface area contributed by atoms with Crippen molar-refractivity contribution in [1.29, 1.82) is 0 Å². The Hall–Kier alpha value is -2.62. The summed E-state index contributed by atoms with van der Waals surface area (Å²) in [6, 6.07) is 5.92. The van der Waals surface area contributed by atoms with Gasteiger partial charge in [0.15, 0.2) is 11.8 Å². The van der Waals surface area contributed by atoms with Gasteiger partial charge in [0.2, 0.25) is 11.4 Å². The van der Waals surface area contributed by atoms with Gasteiger partial charge in [-0.15, -0.1) is 0 Å². The van der Waals surface area contributed by atoms with Gasteiger partial charge in [-0.1, -0.05) is 19.9 Å². The van der Waals surface area contributed by atoms with Crippen LogP contribution in [0.25, 0.3) is 28.1 Å². The molecule has 0 bridgehead atoms. The summed E-state index contributed by atoms with van der Waals surface area (Å²) in [5.41, 5.74) is 6.25. The molecule has 0 amide bonds. The predicted molar refractivity (Wildman–Crippen MR) is 116 cm³/mol. The van der Waals surface area contributed by atoms with E-state index in [1.165, 1.54) is 0 Å². The van der Waals surface area contributed by atoms with Gasteiger partial charge in [-0.25, -0.2) is 9.55 Å². The Bertz CT molecular complexity index is 1370. The van der Waals surface area contributed by atoms with Crippen LogP contribution in [0.4, 0.5) is 0 Å². The average Bonchev–Trinajstić information content (AvgIpc) is 3.31. The number of aryl methyl sites for hydroxylation is 3. The van der Waals surface area contributed by atoms with E-state index in [1.807, 2.05) is 41.1 Å². The maximum absolute atomic E-state index is 9.39. The second-order valence-corrected chi connectivity index (χ2v) is 9.17. The van der Waals surface area contributed by atoms with Crippen molar-refractivity contribution in [1.82, 2.24) is 9.38 Å². The van der Waals surface area contributed by atoms with E-state index in [1.54, 1.807) is 18.7 Å². The summed E-state index contributed by atoms with van der Waals surface area (Å²) < 4.78 is 43.8. The molecular weight excluding hydrogens is 358 g/mol. The van der Waals surface area contributed by atoms with Gasteiger partial charge in [0.25, 0.3) is 0 Å². The highest BCUT2D eigenvalue weighted by Gasteiger charge is 2.30. The number of hydrogen-bond acceptors (Lipinski definition) is 2. The maximum atomic E-state index is 9.39. The Balaban J connectivity index is 1.79. The number of benzene rings is 1. The van der Waals surface area contributed by atoms with E-state index in [9.17, 15) is 1.37 Å². The van der Waals surface area contributed by atoms with Crippen molar-refractivity contribution in [3.8, 4) is 11.3 Å². The monoisotopic (exact) mass is 392 g/mol. The van der Waals surface area contributed by atoms with Crippen LogP contribution < -0.4 is 4.57 Å². The summed E-state index contributed by atoms with van der Waals surface area (Å²) in [6.45, 7) is 4.21. The van der Waals surface area contributed by atoms with Gasteiger partial charge in [-0.2, -0.15) is 0 Å². The molecule has 4 heteroatoms. The molecule has 0 N–H and O–H groups in total. The minimum Gasteiger partial charge on any atom is -0.437 e. The Morgan fingerprint density at radius 2 is 2.07 bits per heavy atom. The summed E-state index contributed by atoms with van der Waals surface area (Å²) in [4.78, 5) is 4.22. The number of nitrogens with zero attached hydrogens (tertiary/aromatic N) is 3. The molecule has 1 fully saturated rings. The van der Waals surface area contributed by atoms with Gasteiger partial charge < -0.3 is 4.42 Å². The molecule has 1 aliphatic rings. The molecule has 3 aromatic heterocycles. The lowest BCUT2D eigenvalue weighted by molar-refractivity contribution is -0.660. The molecule has 0 unspecified atom stereocenters. The Kier molecular flexibility index (Phi) is 3.20. The fourth-order valence-electron chi connectivity index (χ4n) is 4.64. The predicted octanol–water partition coefficient (Wildman–Crippen LogP) is 5.87. The lowest BCUT2D eigenvalue weighted by atomic mass is 9.71. The van der Waals surface area contributed by atoms with E-state index in [-0.39, 0.29) is 11.0 Å². The van der Waals surface area contributed by atoms with Gasteiger partial charge in [0.05, 0.1) is 11.8 Å². The standard InChI is InChI=1S/C25H30N3O/c1-16-6-7-21-24(28-15-26-13-22(28)29-21)23(16)20-12-19(17(2)14-27(20)5)18-8-10-25(3,4)11-9-18/h6-7,12-15,18H,8-11H2,1-5H3/q+1/i2D3,18D. The SMILES string of the molecule is [2H]C([2H])([2H])c1c[n+](C)c(-c2c(C)ccc3oc4cncn4c23)cc1C1([2H])CCC(C)(C)CC1. The minimum absolute atomic E-state index is 0.180. The van der Waals surface area contributed by atoms with Crippen LogP contribution in [0.15, 0.2) is 41.3 Å². The highest BCUT2D eigenvalue weighted by Crippen LogP contribution is 2.44. The molecular formula is C25H30N3O+. The van der Waals surface area contributed by atoms with Gasteiger partial charge in [0.1, 0.15) is 18.9 Å². The lowest BCUT2D eigenvalue weighted by Crippen LogP contribution is -2.32. The van der Waals surface area contributed by atoms with Gasteiger partial charge in [-0.3, -0.25) is 4.40 Å². The van der Waals surface area contributed by atoms with E-state index in [0.29, 0.717) is 24.1 Å². The average molecular weight is 393 g/mol. The summed E-state index contributed by atoms with van der Waals surface area (Å²) in [6.07, 6.45) is 8.23. The molecule has 1 aromatic carbocycles. The third-order valence-electron chi connectivity index (χ3n) is 6.53. The van der Waals surface area contributed by atoms with Crippen LogP contribution >= 0.6 is 0 Å². The smallest absolute Gasteiger partial charge is 0.224 e. The van der Waals surface area contributed by atoms with Crippen LogP contribution in [0.2, 0.25) is 0 Å². The van der Waals surface area contributed by atoms with Crippen molar-refractivity contribution in [3.63, 3.8) is 0 Å². The molecule has 3 heterocycles. The van der Waals surface area contributed by atoms with Crippen LogP contribution in [0.3, 0.4) is 0 Å². The zero-order valence-electron chi connectivity index (χ0n) is 21.5. The first-order valence-corrected chi connectivity index (χ1v) is 10.3. The van der Waals surface area contributed by atoms with E-state index in [4.69, 9.17) is 8.53 Å². The third-order valence-corrected chi connectivity index (χ3v) is 6.53. The zero-order valence-corrected chi connectivity index (χ0v) is 17.5. The summed E-state index contributed by atoms with van der Waals surface area (Å²) in [5.74, 6) is -0.926. The fourth-order valence-corrected chi connectivity index (χ4v) is 4.64. The first kappa shape index (κ1) is 14.4. The Labute approximate surface area is 177 Å². The van der Waals surface area contributed by atoms with E-state index < -0.39 is 12.7 Å². The molecule has 0 saturated heterocycles. The van der Waals surface area contributed by atoms with Crippen molar-refractivity contribution in [2.45, 2.75) is 59.2 Å². The molecule has 0 aliphatic heterocycles. The molecule has 1 aliphatic carbocycles. The molecule has 5 rings (SSSR count). The number of fused-ring (bicyclic) bond motifs is 3. The normalized spacial score (nSPS) is 21.0. The topological polar surface area (TPSA) is 34.3 Å². The van der Waals surface area contributed by atoms with Crippen LogP contribution in [0.1, 0.15) is 67.6 Å². The quantitative estimate of drug-likeness (QED) is 0.400. The molecule has 0 spiro atoms. The molecule has 150 valence electrons. The number of pyridine rings is 1. The van der Waals surface area contributed by atoms with Gasteiger partial charge in [0, 0.05) is 17.1 Å². The Morgan fingerprint density at radius 3 is 2.83 bits per heavy atom. The van der Waals surface area contributed by atoms with E-state index in [0.717, 1.165) is 40.8 Å². The molecule has 1 saturated carbocycles. The van der Waals surface area contributed by atoms with Crippen LogP contribution in [0.5, 0.6) is 0 Å². The molecule has 29 heavy (non-hydrogen) atoms. The van der Waals surface area contributed by atoms with Crippen LogP contribution in [-0.2, 0) is 7.05 Å². The number of aromatic nitrogens is 3. The van der Waals surface area contributed by atoms with Crippen molar-refractivity contribution in [2.24, 2.45) is 12.5 Å². The molecule has 4 aromatic rings. The van der Waals surface area contributed by atoms with Gasteiger partial charge >= 0.3 is 0 Å². The largest absolute Gasteiger partial charge is 0.437 e. The second kappa shape index (κ2) is 6.45. The number of imidazole rings is 1. The van der Waals surface area contributed by atoms with Crippen molar-refractivity contribution >= 4 is 16.8 Å². The minimum atomic E-state index is -2.29. The molecule has 0 radical (unpaired) electrons. The van der Waals surface area contributed by atoms with Crippen LogP contribution in [-0.4, -0.2) is 9.38 Å². The lowest BCUT2D eigenvalue weighted by Gasteiger charge is -2.34. The summed E-state index contributed by atoms with van der Waals surface area (Å²) in [7, 11) is 1.87. The molecule has 0 atom stereocenters. The molecule has 4 nitrogen and oxygen atoms in total. The third kappa shape index (κ3) is 2.97. The van der Waals surface area contributed by atoms with Gasteiger partial charge in [-0.05, 0) is 68.0 Å². The highest BCUT2D eigenvalue weighted by atomic mass is 16.3. The first-order valence-electron chi connectivity index (χ1n) is 12.3. The maximum Gasteiger partial charge on any atom is 0.224 e. The summed E-state index contributed by atoms with van der Waals surface area (Å²) in [5, 5.41) is 0. The number of hydrogen-bond donors (Lipinski definition) is 0. The second-order valence-electron chi connectivity index (χ2n) is 9.17. The Morgan fingerprint density at radius 1 is 1.28 bits per heavy atom. The zero-order chi connectivity index (χ0) is 23.8. The fraction of sp³-hybridized carbons (Fsp3) is 0.440. The first-order chi connectivity index (χ1) is 15.4. The summed E-state index contributed by atoms with van der Waals surface area (Å²) >= 11 is 0. The van der Waals surface area contributed by atoms with Crippen molar-refractivity contribution < 1.29 is 14.5 Å². The van der Waals surface area contributed by atoms with Crippen LogP contribution in [0, 0.1) is 19.2 Å². The van der Waals surface area contributed by atoms with E-state index >= 15 is 0 Å².